The molecule has 0 aliphatic heterocycles. The maximum Gasteiger partial charge on any atom is 0.213 e. The van der Waals surface area contributed by atoms with Crippen LogP contribution in [0.15, 0.2) is 43.0 Å². The van der Waals surface area contributed by atoms with Crippen LogP contribution in [0.1, 0.15) is 52.7 Å². The van der Waals surface area contributed by atoms with Gasteiger partial charge in [0.15, 0.2) is 0 Å². The normalized spacial score (nSPS) is 13.0. The number of sulfone groups is 1. The van der Waals surface area contributed by atoms with Gasteiger partial charge in [-0.2, -0.15) is 0 Å². The smallest absolute Gasteiger partial charge is 0.213 e. The van der Waals surface area contributed by atoms with E-state index >= 15 is 0 Å². The van der Waals surface area contributed by atoms with E-state index in [-0.39, 0.29) is 32.1 Å². The Labute approximate surface area is 177 Å². The molecule has 0 aromatic heterocycles. The van der Waals surface area contributed by atoms with Gasteiger partial charge in [0, 0.05) is 0 Å². The van der Waals surface area contributed by atoms with E-state index in [0.717, 1.165) is 11.1 Å². The zero-order valence-electron chi connectivity index (χ0n) is 16.2. The molecule has 0 aliphatic carbocycles. The van der Waals surface area contributed by atoms with Gasteiger partial charge in [-0.1, -0.05) is 41.5 Å². The molecule has 0 aliphatic rings. The van der Waals surface area contributed by atoms with E-state index in [4.69, 9.17) is 0 Å². The van der Waals surface area contributed by atoms with E-state index in [2.05, 4.69) is 31.9 Å². The van der Waals surface area contributed by atoms with E-state index in [9.17, 15) is 18.6 Å². The summed E-state index contributed by atoms with van der Waals surface area (Å²) in [4.78, 5) is -0.481. The molecular formula is C20H24Br2O4S. The monoisotopic (exact) mass is 518 g/mol. The quantitative estimate of drug-likeness (QED) is 0.506. The third kappa shape index (κ3) is 4.35. The lowest BCUT2D eigenvalue weighted by Gasteiger charge is -2.23. The molecule has 0 bridgehead atoms. The summed E-state index contributed by atoms with van der Waals surface area (Å²) in [7, 11) is -4.17. The maximum absolute atomic E-state index is 13.4. The Balaban J connectivity index is 2.85. The fraction of sp³-hybridized carbons (Fsp3) is 0.400. The largest absolute Gasteiger partial charge is 0.505 e. The van der Waals surface area contributed by atoms with Crippen molar-refractivity contribution in [2.45, 2.75) is 62.2 Å². The highest BCUT2D eigenvalue weighted by molar-refractivity contribution is 9.11. The lowest BCUT2D eigenvalue weighted by molar-refractivity contribution is 0.447. The van der Waals surface area contributed by atoms with Crippen molar-refractivity contribution in [3.63, 3.8) is 0 Å². The first-order valence-electron chi connectivity index (χ1n) is 8.38. The average Bonchev–Trinajstić information content (AvgIpc) is 2.49. The molecule has 0 unspecified atom stereocenters. The van der Waals surface area contributed by atoms with Crippen molar-refractivity contribution < 1.29 is 18.6 Å². The lowest BCUT2D eigenvalue weighted by atomic mass is 9.87. The van der Waals surface area contributed by atoms with Crippen LogP contribution in [0, 0.1) is 0 Å². The first-order valence-corrected chi connectivity index (χ1v) is 11.4. The summed E-state index contributed by atoms with van der Waals surface area (Å²) in [5.74, 6) is -0.751. The number of hydrogen-bond donors (Lipinski definition) is 2. The van der Waals surface area contributed by atoms with Gasteiger partial charge in [-0.15, -0.1) is 0 Å². The van der Waals surface area contributed by atoms with Crippen LogP contribution in [0.2, 0.25) is 0 Å². The van der Waals surface area contributed by atoms with Crippen LogP contribution in [-0.2, 0) is 20.7 Å². The summed E-state index contributed by atoms with van der Waals surface area (Å²) in [5.41, 5.74) is 0.847. The minimum Gasteiger partial charge on any atom is -0.505 e. The Kier molecular flexibility index (Phi) is 5.83. The third-order valence-electron chi connectivity index (χ3n) is 4.37. The van der Waals surface area contributed by atoms with Crippen LogP contribution in [0.25, 0.3) is 0 Å². The van der Waals surface area contributed by atoms with E-state index < -0.39 is 9.84 Å². The molecule has 27 heavy (non-hydrogen) atoms. The van der Waals surface area contributed by atoms with Crippen molar-refractivity contribution in [1.29, 1.82) is 0 Å². The van der Waals surface area contributed by atoms with Crippen molar-refractivity contribution in [3.05, 3.63) is 44.3 Å². The molecule has 2 aromatic rings. The van der Waals surface area contributed by atoms with Crippen molar-refractivity contribution >= 4 is 41.7 Å². The summed E-state index contributed by atoms with van der Waals surface area (Å²) in [5, 5.41) is 20.9. The van der Waals surface area contributed by atoms with Gasteiger partial charge < -0.3 is 10.2 Å². The second-order valence-electron chi connectivity index (χ2n) is 8.61. The minimum absolute atomic E-state index is 0.241. The topological polar surface area (TPSA) is 74.6 Å². The van der Waals surface area contributed by atoms with Gasteiger partial charge in [0.05, 0.1) is 8.95 Å². The SMILES string of the molecule is CC(C)(C)c1cc(Br)c(O)c(S(=O)(=O)c2cc(C(C)(C)C)cc(Br)c2O)c1. The first kappa shape index (κ1) is 22.2. The summed E-state index contributed by atoms with van der Waals surface area (Å²) in [6.45, 7) is 11.7. The van der Waals surface area contributed by atoms with Crippen molar-refractivity contribution in [3.8, 4) is 11.5 Å². The molecule has 2 N–H and O–H groups in total. The van der Waals surface area contributed by atoms with E-state index in [1.165, 1.54) is 12.1 Å². The van der Waals surface area contributed by atoms with Crippen LogP contribution in [0.3, 0.4) is 0 Å². The Hall–Kier alpha value is -1.05. The fourth-order valence-electron chi connectivity index (χ4n) is 2.54. The molecule has 0 atom stereocenters. The molecule has 0 spiro atoms. The predicted octanol–water partition coefficient (Wildman–Crippen LogP) is 6.05. The second-order valence-corrected chi connectivity index (χ2v) is 12.2. The van der Waals surface area contributed by atoms with Gasteiger partial charge in [-0.3, -0.25) is 0 Å². The Morgan fingerprint density at radius 2 is 1.00 bits per heavy atom. The molecule has 0 fully saturated rings. The number of phenolic OH excluding ortho intramolecular Hbond substituents is 2. The number of rotatable bonds is 2. The molecular weight excluding hydrogens is 496 g/mol. The standard InChI is InChI=1S/C20H24Br2O4S/c1-19(2,3)11-7-13(21)17(23)15(9-11)27(25,26)16-10-12(20(4,5)6)8-14(22)18(16)24/h7-10,23-24H,1-6H3. The van der Waals surface area contributed by atoms with Crippen molar-refractivity contribution in [2.24, 2.45) is 0 Å². The van der Waals surface area contributed by atoms with E-state index in [1.54, 1.807) is 12.1 Å². The third-order valence-corrected chi connectivity index (χ3v) is 7.36. The molecule has 4 nitrogen and oxygen atoms in total. The molecule has 0 heterocycles. The maximum atomic E-state index is 13.4. The minimum atomic E-state index is -4.17. The van der Waals surface area contributed by atoms with Gasteiger partial charge in [0.25, 0.3) is 0 Å². The average molecular weight is 520 g/mol. The van der Waals surface area contributed by atoms with Gasteiger partial charge in [-0.05, 0) is 78.1 Å². The van der Waals surface area contributed by atoms with Crippen molar-refractivity contribution in [1.82, 2.24) is 0 Å². The molecule has 0 amide bonds. The molecule has 2 aromatic carbocycles. The first-order chi connectivity index (χ1) is 12.1. The van der Waals surface area contributed by atoms with Crippen LogP contribution in [0.4, 0.5) is 0 Å². The highest BCUT2D eigenvalue weighted by Gasteiger charge is 2.31. The molecule has 0 saturated carbocycles. The van der Waals surface area contributed by atoms with Gasteiger partial charge in [0.1, 0.15) is 21.3 Å². The molecule has 2 rings (SSSR count). The van der Waals surface area contributed by atoms with Gasteiger partial charge in [0.2, 0.25) is 9.84 Å². The van der Waals surface area contributed by atoms with Crippen LogP contribution in [0.5, 0.6) is 11.5 Å². The Morgan fingerprint density at radius 3 is 1.26 bits per heavy atom. The number of halogens is 2. The van der Waals surface area contributed by atoms with Crippen LogP contribution < -0.4 is 0 Å². The number of phenols is 2. The highest BCUT2D eigenvalue weighted by atomic mass is 79.9. The Bertz CT molecular complexity index is 923. The molecule has 0 radical (unpaired) electrons. The van der Waals surface area contributed by atoms with Gasteiger partial charge >= 0.3 is 0 Å². The summed E-state index contributed by atoms with van der Waals surface area (Å²) >= 11 is 6.49. The van der Waals surface area contributed by atoms with Crippen LogP contribution in [-0.4, -0.2) is 18.6 Å². The highest BCUT2D eigenvalue weighted by Crippen LogP contribution is 2.43. The molecule has 7 heteroatoms. The summed E-state index contributed by atoms with van der Waals surface area (Å²) in [6, 6.07) is 6.34. The zero-order valence-corrected chi connectivity index (χ0v) is 20.2. The number of benzene rings is 2. The Morgan fingerprint density at radius 1 is 0.704 bits per heavy atom. The van der Waals surface area contributed by atoms with Gasteiger partial charge in [-0.25, -0.2) is 8.42 Å². The number of hydrogen-bond acceptors (Lipinski definition) is 4. The summed E-state index contributed by atoms with van der Waals surface area (Å²) < 4.78 is 27.3. The lowest BCUT2D eigenvalue weighted by Crippen LogP contribution is -2.15. The van der Waals surface area contributed by atoms with Crippen molar-refractivity contribution in [2.75, 3.05) is 0 Å². The van der Waals surface area contributed by atoms with E-state index in [1.807, 2.05) is 41.5 Å². The molecule has 0 saturated heterocycles. The van der Waals surface area contributed by atoms with Crippen LogP contribution >= 0.6 is 31.9 Å². The summed E-state index contributed by atoms with van der Waals surface area (Å²) in [6.07, 6.45) is 0. The molecule has 148 valence electrons. The zero-order chi connectivity index (χ0) is 20.9. The number of aromatic hydroxyl groups is 2. The van der Waals surface area contributed by atoms with E-state index in [0.29, 0.717) is 8.95 Å². The fourth-order valence-corrected chi connectivity index (χ4v) is 5.25. The predicted molar refractivity (Wildman–Crippen MR) is 114 cm³/mol. The second kappa shape index (κ2) is 7.08.